The van der Waals surface area contributed by atoms with E-state index in [1.54, 1.807) is 25.4 Å². The molecule has 0 saturated heterocycles. The van der Waals surface area contributed by atoms with Gasteiger partial charge in [0.05, 0.1) is 24.0 Å². The summed E-state index contributed by atoms with van der Waals surface area (Å²) in [4.78, 5) is 30.4. The van der Waals surface area contributed by atoms with Gasteiger partial charge in [0.25, 0.3) is 0 Å². The monoisotopic (exact) mass is 601 g/mol. The van der Waals surface area contributed by atoms with Crippen molar-refractivity contribution in [3.8, 4) is 22.8 Å². The second-order valence-corrected chi connectivity index (χ2v) is 12.0. The van der Waals surface area contributed by atoms with Crippen LogP contribution in [0.25, 0.3) is 22.0 Å². The van der Waals surface area contributed by atoms with E-state index < -0.39 is 0 Å². The molecule has 0 radical (unpaired) electrons. The Labute approximate surface area is 260 Å². The van der Waals surface area contributed by atoms with Gasteiger partial charge in [-0.2, -0.15) is 9.59 Å². The first-order chi connectivity index (χ1) is 21.8. The summed E-state index contributed by atoms with van der Waals surface area (Å²) in [6.07, 6.45) is 3.61. The second kappa shape index (κ2) is 12.4. The molecule has 7 nitrogen and oxygen atoms in total. The zero-order valence-corrected chi connectivity index (χ0v) is 25.3. The number of rotatable bonds is 8. The van der Waals surface area contributed by atoms with E-state index in [2.05, 4.69) is 37.0 Å². The third-order valence-electron chi connectivity index (χ3n) is 8.65. The van der Waals surface area contributed by atoms with Crippen molar-refractivity contribution in [1.29, 1.82) is 0 Å². The molecule has 2 atom stereocenters. The highest BCUT2D eigenvalue weighted by Gasteiger charge is 2.52. The summed E-state index contributed by atoms with van der Waals surface area (Å²) in [6.45, 7) is 4.94. The van der Waals surface area contributed by atoms with E-state index in [4.69, 9.17) is 29.0 Å². The van der Waals surface area contributed by atoms with Crippen LogP contribution in [0.4, 0.5) is 10.1 Å². The first kappa shape index (κ1) is 29.9. The van der Waals surface area contributed by atoms with E-state index in [0.717, 1.165) is 56.9 Å². The molecule has 226 valence electrons. The number of carbonyl (C=O) groups excluding carboxylic acids is 2. The fourth-order valence-corrected chi connectivity index (χ4v) is 6.02. The zero-order chi connectivity index (χ0) is 31.6. The third kappa shape index (κ3) is 6.37. The van der Waals surface area contributed by atoms with Crippen molar-refractivity contribution in [2.24, 2.45) is 16.3 Å². The molecule has 5 aromatic rings. The maximum absolute atomic E-state index is 15.5. The number of nitrogens with zero attached hydrogens (tertiary/aromatic N) is 3. The molecule has 1 unspecified atom stereocenters. The largest absolute Gasteiger partial charge is 0.487 e. The fourth-order valence-electron chi connectivity index (χ4n) is 6.02. The lowest BCUT2D eigenvalue weighted by molar-refractivity contribution is -0.191. The summed E-state index contributed by atoms with van der Waals surface area (Å²) in [5.74, 6) is 1.50. The smallest absolute Gasteiger partial charge is 0.373 e. The average Bonchev–Trinajstić information content (AvgIpc) is 3.55. The SMILES string of the molecule is COc1ccc(-c2ccc(CC3C([C@@H]4CC4(C)C)=Nc4cc(OCc5ccc6ccccc6n5)ccc43)c(F)c2)cn1.O=C=O. The fraction of sp³-hybridized carbons (Fsp3) is 0.243. The molecule has 1 aliphatic heterocycles. The van der Waals surface area contributed by atoms with Crippen molar-refractivity contribution in [3.63, 3.8) is 0 Å². The molecule has 8 heteroatoms. The van der Waals surface area contributed by atoms with Gasteiger partial charge >= 0.3 is 6.15 Å². The molecule has 45 heavy (non-hydrogen) atoms. The molecule has 1 fully saturated rings. The predicted molar refractivity (Wildman–Crippen MR) is 169 cm³/mol. The van der Waals surface area contributed by atoms with Crippen LogP contribution in [-0.4, -0.2) is 28.9 Å². The minimum atomic E-state index is -0.214. The molecule has 0 bridgehead atoms. The average molecular weight is 602 g/mol. The number of halogens is 1. The Morgan fingerprint density at radius 1 is 0.956 bits per heavy atom. The van der Waals surface area contributed by atoms with Gasteiger partial charge in [-0.15, -0.1) is 0 Å². The van der Waals surface area contributed by atoms with Crippen LogP contribution in [0, 0.1) is 17.2 Å². The lowest BCUT2D eigenvalue weighted by Gasteiger charge is -2.17. The molecule has 1 saturated carbocycles. The van der Waals surface area contributed by atoms with Gasteiger partial charge < -0.3 is 9.47 Å². The van der Waals surface area contributed by atoms with Gasteiger partial charge in [0.1, 0.15) is 18.2 Å². The van der Waals surface area contributed by atoms with Crippen LogP contribution in [0.1, 0.15) is 43.0 Å². The minimum absolute atomic E-state index is 0.0333. The number of hydrogen-bond donors (Lipinski definition) is 0. The summed E-state index contributed by atoms with van der Waals surface area (Å²) in [7, 11) is 1.58. The number of benzene rings is 3. The topological polar surface area (TPSA) is 90.7 Å². The Morgan fingerprint density at radius 3 is 2.44 bits per heavy atom. The molecule has 7 rings (SSSR count). The molecule has 3 heterocycles. The van der Waals surface area contributed by atoms with Crippen LogP contribution in [0.3, 0.4) is 0 Å². The normalized spacial score (nSPS) is 17.4. The molecule has 0 amide bonds. The Kier molecular flexibility index (Phi) is 8.24. The van der Waals surface area contributed by atoms with E-state index in [1.807, 2.05) is 54.6 Å². The number of ether oxygens (including phenoxy) is 2. The molecular formula is C37H32FN3O4. The lowest BCUT2D eigenvalue weighted by Crippen LogP contribution is -2.16. The highest BCUT2D eigenvalue weighted by molar-refractivity contribution is 6.02. The van der Waals surface area contributed by atoms with Crippen molar-refractivity contribution in [2.75, 3.05) is 7.11 Å². The van der Waals surface area contributed by atoms with Crippen LogP contribution in [0.15, 0.2) is 96.1 Å². The summed E-state index contributed by atoms with van der Waals surface area (Å²) < 4.78 is 26.8. The number of para-hydroxylation sites is 1. The van der Waals surface area contributed by atoms with Gasteiger partial charge in [-0.3, -0.25) is 4.99 Å². The standard InChI is InChI=1S/C36H32FN3O2.CO2/c1-36(2)19-30(36)35-29(16-24-9-8-23(17-31(24)37)25-11-15-34(41-3)38-20-25)28-14-13-27(18-33(28)40-35)42-21-26-12-10-22-6-4-5-7-32(22)39-26;2-1-3/h4-15,17-18,20,29-30H,16,19,21H2,1-3H3;/t29?,30-;/m0./s1. The van der Waals surface area contributed by atoms with Crippen molar-refractivity contribution >= 4 is 28.5 Å². The van der Waals surface area contributed by atoms with Crippen LogP contribution < -0.4 is 9.47 Å². The van der Waals surface area contributed by atoms with Crippen molar-refractivity contribution in [3.05, 3.63) is 114 Å². The van der Waals surface area contributed by atoms with Crippen molar-refractivity contribution in [1.82, 2.24) is 9.97 Å². The first-order valence-corrected chi connectivity index (χ1v) is 14.8. The summed E-state index contributed by atoms with van der Waals surface area (Å²) >= 11 is 0. The van der Waals surface area contributed by atoms with Gasteiger partial charge in [-0.1, -0.05) is 56.3 Å². The summed E-state index contributed by atoms with van der Waals surface area (Å²) in [6, 6.07) is 27.4. The second-order valence-electron chi connectivity index (χ2n) is 12.0. The summed E-state index contributed by atoms with van der Waals surface area (Å²) in [5.41, 5.74) is 7.58. The number of methoxy groups -OCH3 is 1. The lowest BCUT2D eigenvalue weighted by atomic mass is 9.85. The maximum Gasteiger partial charge on any atom is 0.373 e. The molecule has 1 aliphatic carbocycles. The summed E-state index contributed by atoms with van der Waals surface area (Å²) in [5, 5.41) is 1.11. The Balaban J connectivity index is 0.00000115. The molecular weight excluding hydrogens is 569 g/mol. The number of hydrogen-bond acceptors (Lipinski definition) is 7. The zero-order valence-electron chi connectivity index (χ0n) is 25.3. The van der Waals surface area contributed by atoms with Gasteiger partial charge in [0.2, 0.25) is 5.88 Å². The molecule has 0 spiro atoms. The molecule has 2 aromatic heterocycles. The van der Waals surface area contributed by atoms with Gasteiger partial charge in [0.15, 0.2) is 0 Å². The highest BCUT2D eigenvalue weighted by Crippen LogP contribution is 2.57. The van der Waals surface area contributed by atoms with Gasteiger partial charge in [-0.25, -0.2) is 14.4 Å². The van der Waals surface area contributed by atoms with Crippen molar-refractivity contribution < 1.29 is 23.5 Å². The molecule has 3 aromatic carbocycles. The van der Waals surface area contributed by atoms with Gasteiger partial charge in [-0.05, 0) is 65.3 Å². The van der Waals surface area contributed by atoms with E-state index in [9.17, 15) is 0 Å². The predicted octanol–water partition coefficient (Wildman–Crippen LogP) is 7.90. The van der Waals surface area contributed by atoms with E-state index in [-0.39, 0.29) is 23.3 Å². The van der Waals surface area contributed by atoms with Gasteiger partial charge in [0, 0.05) is 46.8 Å². The Bertz CT molecular complexity index is 1930. The number of aliphatic imine (C=N–C) groups is 1. The van der Waals surface area contributed by atoms with Crippen LogP contribution in [-0.2, 0) is 22.6 Å². The number of aromatic nitrogens is 2. The number of pyridine rings is 2. The highest BCUT2D eigenvalue weighted by atomic mass is 19.1. The third-order valence-corrected chi connectivity index (χ3v) is 8.65. The quantitative estimate of drug-likeness (QED) is 0.180. The maximum atomic E-state index is 15.5. The van der Waals surface area contributed by atoms with Crippen LogP contribution in [0.2, 0.25) is 0 Å². The van der Waals surface area contributed by atoms with E-state index in [0.29, 0.717) is 30.4 Å². The molecule has 2 aliphatic rings. The van der Waals surface area contributed by atoms with E-state index >= 15 is 4.39 Å². The first-order valence-electron chi connectivity index (χ1n) is 14.8. The molecule has 0 N–H and O–H groups in total. The minimum Gasteiger partial charge on any atom is -0.487 e. The van der Waals surface area contributed by atoms with Crippen molar-refractivity contribution in [2.45, 2.75) is 39.2 Å². The van der Waals surface area contributed by atoms with Crippen LogP contribution in [0.5, 0.6) is 11.6 Å². The number of fused-ring (bicyclic) bond motifs is 2. The van der Waals surface area contributed by atoms with E-state index in [1.165, 1.54) is 0 Å². The Hall–Kier alpha value is -5.20. The van der Waals surface area contributed by atoms with Crippen LogP contribution >= 0.6 is 0 Å². The Morgan fingerprint density at radius 2 is 1.73 bits per heavy atom.